The predicted molar refractivity (Wildman–Crippen MR) is 54.7 cm³/mol. The number of rotatable bonds is 1. The van der Waals surface area contributed by atoms with Crippen molar-refractivity contribution in [3.8, 4) is 0 Å². The van der Waals surface area contributed by atoms with Crippen molar-refractivity contribution in [1.29, 1.82) is 0 Å². The lowest BCUT2D eigenvalue weighted by molar-refractivity contribution is -0.114. The number of aliphatic imine (C=N–C) groups is 1. The average Bonchev–Trinajstić information content (AvgIpc) is 2.17. The Labute approximate surface area is 82.1 Å². The molecule has 0 atom stereocenters. The van der Waals surface area contributed by atoms with Gasteiger partial charge in [0.1, 0.15) is 0 Å². The van der Waals surface area contributed by atoms with Gasteiger partial charge in [0.15, 0.2) is 0 Å². The minimum Gasteiger partial charge on any atom is -0.325 e. The van der Waals surface area contributed by atoms with Gasteiger partial charge in [-0.2, -0.15) is 0 Å². The molecule has 4 nitrogen and oxygen atoms in total. The number of anilines is 1. The topological polar surface area (TPSA) is 54.4 Å². The van der Waals surface area contributed by atoms with Gasteiger partial charge in [-0.25, -0.2) is 0 Å². The highest BCUT2D eigenvalue weighted by atomic mass is 16.1. The van der Waals surface area contributed by atoms with Gasteiger partial charge < -0.3 is 5.32 Å². The van der Waals surface area contributed by atoms with Crippen molar-refractivity contribution in [2.24, 2.45) is 4.99 Å². The zero-order chi connectivity index (χ0) is 9.97. The van der Waals surface area contributed by atoms with E-state index in [-0.39, 0.29) is 5.91 Å². The number of aromatic nitrogens is 1. The van der Waals surface area contributed by atoms with Gasteiger partial charge in [0.05, 0.1) is 17.6 Å². The summed E-state index contributed by atoms with van der Waals surface area (Å²) in [7, 11) is 0. The Kier molecular flexibility index (Phi) is 2.26. The number of fused-ring (bicyclic) bond motifs is 1. The van der Waals surface area contributed by atoms with E-state index < -0.39 is 0 Å². The third-order valence-electron chi connectivity index (χ3n) is 2.03. The highest BCUT2D eigenvalue weighted by Crippen LogP contribution is 2.14. The van der Waals surface area contributed by atoms with Crippen molar-refractivity contribution in [2.75, 3.05) is 11.9 Å². The van der Waals surface area contributed by atoms with Crippen molar-refractivity contribution in [2.45, 2.75) is 13.3 Å². The maximum atomic E-state index is 10.8. The molecular weight excluding hydrogens is 178 g/mol. The first kappa shape index (κ1) is 8.87. The average molecular weight is 189 g/mol. The quantitative estimate of drug-likeness (QED) is 0.717. The fourth-order valence-electron chi connectivity index (χ4n) is 1.44. The van der Waals surface area contributed by atoms with Crippen LogP contribution in [0.3, 0.4) is 0 Å². The molecule has 1 aliphatic heterocycles. The second-order valence-corrected chi connectivity index (χ2v) is 3.23. The van der Waals surface area contributed by atoms with E-state index in [0.29, 0.717) is 0 Å². The largest absolute Gasteiger partial charge is 0.325 e. The molecule has 2 heterocycles. The number of carbonyl (C=O) groups is 1. The van der Waals surface area contributed by atoms with E-state index in [4.69, 9.17) is 0 Å². The molecule has 14 heavy (non-hydrogen) atoms. The van der Waals surface area contributed by atoms with Crippen LogP contribution in [0.15, 0.2) is 17.3 Å². The van der Waals surface area contributed by atoms with E-state index in [1.807, 2.05) is 6.07 Å². The van der Waals surface area contributed by atoms with Gasteiger partial charge in [-0.1, -0.05) is 0 Å². The van der Waals surface area contributed by atoms with E-state index in [1.165, 1.54) is 6.92 Å². The molecule has 1 aromatic rings. The molecule has 0 bridgehead atoms. The molecule has 1 N–H and O–H groups in total. The minimum atomic E-state index is -0.0838. The lowest BCUT2D eigenvalue weighted by Gasteiger charge is -2.10. The van der Waals surface area contributed by atoms with Gasteiger partial charge in [-0.15, -0.1) is 0 Å². The van der Waals surface area contributed by atoms with Crippen LogP contribution in [-0.4, -0.2) is 23.7 Å². The number of nitrogens with zero attached hydrogens (tertiary/aromatic N) is 2. The normalized spacial score (nSPS) is 13.5. The minimum absolute atomic E-state index is 0.0838. The zero-order valence-electron chi connectivity index (χ0n) is 7.95. The van der Waals surface area contributed by atoms with Crippen molar-refractivity contribution in [1.82, 2.24) is 4.98 Å². The number of amides is 1. The van der Waals surface area contributed by atoms with Gasteiger partial charge >= 0.3 is 0 Å². The number of carbonyl (C=O) groups excluding carboxylic acids is 1. The SMILES string of the molecule is CC(=O)Nc1cnc2c(c1)C=NCC2. The monoisotopic (exact) mass is 189 g/mol. The summed E-state index contributed by atoms with van der Waals surface area (Å²) in [5.74, 6) is -0.0838. The van der Waals surface area contributed by atoms with Crippen molar-refractivity contribution in [3.63, 3.8) is 0 Å². The first-order valence-electron chi connectivity index (χ1n) is 4.52. The van der Waals surface area contributed by atoms with Crippen LogP contribution < -0.4 is 5.32 Å². The highest BCUT2D eigenvalue weighted by molar-refractivity contribution is 5.90. The molecule has 1 aliphatic rings. The Hall–Kier alpha value is -1.71. The molecule has 0 spiro atoms. The van der Waals surface area contributed by atoms with Gasteiger partial charge in [-0.05, 0) is 6.07 Å². The molecule has 0 saturated heterocycles. The summed E-state index contributed by atoms with van der Waals surface area (Å²) in [6.07, 6.45) is 4.36. The van der Waals surface area contributed by atoms with Crippen LogP contribution in [0.25, 0.3) is 0 Å². The Morgan fingerprint density at radius 1 is 1.57 bits per heavy atom. The summed E-state index contributed by atoms with van der Waals surface area (Å²) in [6.45, 7) is 2.28. The number of hydrogen-bond donors (Lipinski definition) is 1. The fourth-order valence-corrected chi connectivity index (χ4v) is 1.44. The molecule has 1 amide bonds. The van der Waals surface area contributed by atoms with Crippen LogP contribution >= 0.6 is 0 Å². The maximum absolute atomic E-state index is 10.8. The Bertz CT molecular complexity index is 398. The third-order valence-corrected chi connectivity index (χ3v) is 2.03. The molecule has 0 radical (unpaired) electrons. The Balaban J connectivity index is 2.30. The molecule has 0 saturated carbocycles. The number of pyridine rings is 1. The van der Waals surface area contributed by atoms with Crippen molar-refractivity contribution >= 4 is 17.8 Å². The molecule has 0 aromatic carbocycles. The first-order chi connectivity index (χ1) is 6.75. The summed E-state index contributed by atoms with van der Waals surface area (Å²) >= 11 is 0. The van der Waals surface area contributed by atoms with Crippen molar-refractivity contribution < 1.29 is 4.79 Å². The summed E-state index contributed by atoms with van der Waals surface area (Å²) in [6, 6.07) is 1.90. The summed E-state index contributed by atoms with van der Waals surface area (Å²) < 4.78 is 0. The molecule has 2 rings (SSSR count). The highest BCUT2D eigenvalue weighted by Gasteiger charge is 2.07. The molecule has 4 heteroatoms. The van der Waals surface area contributed by atoms with E-state index in [9.17, 15) is 4.79 Å². The second kappa shape index (κ2) is 3.57. The molecule has 0 aliphatic carbocycles. The standard InChI is InChI=1S/C10H11N3O/c1-7(14)13-9-4-8-5-11-3-2-10(8)12-6-9/h4-6H,2-3H2,1H3,(H,13,14). The Morgan fingerprint density at radius 2 is 2.43 bits per heavy atom. The van der Waals surface area contributed by atoms with Crippen LogP contribution in [0, 0.1) is 0 Å². The van der Waals surface area contributed by atoms with E-state index in [1.54, 1.807) is 12.4 Å². The van der Waals surface area contributed by atoms with Crippen LogP contribution in [-0.2, 0) is 11.2 Å². The third kappa shape index (κ3) is 1.79. The maximum Gasteiger partial charge on any atom is 0.221 e. The predicted octanol–water partition coefficient (Wildman–Crippen LogP) is 1.01. The van der Waals surface area contributed by atoms with Gasteiger partial charge in [0.25, 0.3) is 0 Å². The smallest absolute Gasteiger partial charge is 0.221 e. The second-order valence-electron chi connectivity index (χ2n) is 3.23. The Morgan fingerprint density at radius 3 is 3.21 bits per heavy atom. The number of nitrogens with one attached hydrogen (secondary N) is 1. The molecule has 0 fully saturated rings. The summed E-state index contributed by atoms with van der Waals surface area (Å²) in [4.78, 5) is 19.2. The van der Waals surface area contributed by atoms with Gasteiger partial charge in [0, 0.05) is 31.7 Å². The van der Waals surface area contributed by atoms with E-state index in [0.717, 1.165) is 29.9 Å². The van der Waals surface area contributed by atoms with Crippen LogP contribution in [0.4, 0.5) is 5.69 Å². The summed E-state index contributed by atoms with van der Waals surface area (Å²) in [5, 5.41) is 2.69. The van der Waals surface area contributed by atoms with E-state index >= 15 is 0 Å². The lowest BCUT2D eigenvalue weighted by atomic mass is 10.1. The number of hydrogen-bond acceptors (Lipinski definition) is 3. The fraction of sp³-hybridized carbons (Fsp3) is 0.300. The van der Waals surface area contributed by atoms with Crippen LogP contribution in [0.5, 0.6) is 0 Å². The van der Waals surface area contributed by atoms with Crippen molar-refractivity contribution in [3.05, 3.63) is 23.5 Å². The molecule has 72 valence electrons. The van der Waals surface area contributed by atoms with E-state index in [2.05, 4.69) is 15.3 Å². The van der Waals surface area contributed by atoms with Gasteiger partial charge in [-0.3, -0.25) is 14.8 Å². The van der Waals surface area contributed by atoms with Gasteiger partial charge in [0.2, 0.25) is 5.91 Å². The molecule has 1 aromatic heterocycles. The van der Waals surface area contributed by atoms with Crippen LogP contribution in [0.1, 0.15) is 18.2 Å². The summed E-state index contributed by atoms with van der Waals surface area (Å²) in [5.41, 5.74) is 2.78. The lowest BCUT2D eigenvalue weighted by Crippen LogP contribution is -2.10. The zero-order valence-corrected chi connectivity index (χ0v) is 7.95. The van der Waals surface area contributed by atoms with Crippen LogP contribution in [0.2, 0.25) is 0 Å². The first-order valence-corrected chi connectivity index (χ1v) is 4.52. The molecule has 0 unspecified atom stereocenters. The molecular formula is C10H11N3O.